The summed E-state index contributed by atoms with van der Waals surface area (Å²) in [6.45, 7) is 8.84. The van der Waals surface area contributed by atoms with Crippen molar-refractivity contribution in [1.82, 2.24) is 20.4 Å². The van der Waals surface area contributed by atoms with Gasteiger partial charge in [-0.25, -0.2) is 4.79 Å². The maximum atomic E-state index is 12.4. The molecule has 1 aliphatic rings. The zero-order valence-electron chi connectivity index (χ0n) is 17.9. The molecule has 1 fully saturated rings. The third-order valence-electron chi connectivity index (χ3n) is 5.47. The molecule has 1 saturated heterocycles. The fourth-order valence-electron chi connectivity index (χ4n) is 3.53. The molecular weight excluding hydrogens is 376 g/mol. The van der Waals surface area contributed by atoms with E-state index in [0.29, 0.717) is 25.6 Å². The van der Waals surface area contributed by atoms with Gasteiger partial charge in [-0.15, -0.1) is 0 Å². The van der Waals surface area contributed by atoms with Gasteiger partial charge < -0.3 is 15.5 Å². The monoisotopic (exact) mass is 408 g/mol. The Hall–Kier alpha value is -2.86. The maximum absolute atomic E-state index is 12.4. The van der Waals surface area contributed by atoms with Crippen molar-refractivity contribution >= 4 is 11.9 Å². The van der Waals surface area contributed by atoms with Crippen molar-refractivity contribution in [3.05, 3.63) is 71.3 Å². The van der Waals surface area contributed by atoms with Crippen LogP contribution in [-0.4, -0.2) is 54.5 Å². The SMILES string of the molecule is CC(C)c1ccc(CN2CCN(C(=O)CNC(=O)NCc3ccccc3)CC2)cc1. The zero-order valence-corrected chi connectivity index (χ0v) is 17.9. The van der Waals surface area contributed by atoms with Crippen LogP contribution in [0.5, 0.6) is 0 Å². The second-order valence-electron chi connectivity index (χ2n) is 8.08. The number of carbonyl (C=O) groups is 2. The van der Waals surface area contributed by atoms with Crippen LogP contribution < -0.4 is 10.6 Å². The number of hydrogen-bond acceptors (Lipinski definition) is 3. The molecular formula is C24H32N4O2. The van der Waals surface area contributed by atoms with Crippen LogP contribution in [0, 0.1) is 0 Å². The molecule has 0 saturated carbocycles. The summed E-state index contributed by atoms with van der Waals surface area (Å²) in [7, 11) is 0. The summed E-state index contributed by atoms with van der Waals surface area (Å²) in [6, 6.07) is 18.2. The molecule has 0 radical (unpaired) electrons. The summed E-state index contributed by atoms with van der Waals surface area (Å²) < 4.78 is 0. The Morgan fingerprint density at radius 3 is 2.17 bits per heavy atom. The molecule has 2 aromatic rings. The van der Waals surface area contributed by atoms with E-state index < -0.39 is 0 Å². The molecule has 0 unspecified atom stereocenters. The second-order valence-corrected chi connectivity index (χ2v) is 8.08. The Labute approximate surface area is 179 Å². The topological polar surface area (TPSA) is 64.7 Å². The Balaban J connectivity index is 1.35. The van der Waals surface area contributed by atoms with Gasteiger partial charge in [0.2, 0.25) is 5.91 Å². The van der Waals surface area contributed by atoms with Crippen LogP contribution in [-0.2, 0) is 17.9 Å². The third-order valence-corrected chi connectivity index (χ3v) is 5.47. The molecule has 0 aromatic heterocycles. The van der Waals surface area contributed by atoms with Crippen molar-refractivity contribution in [2.24, 2.45) is 0 Å². The average Bonchev–Trinajstić information content (AvgIpc) is 2.77. The lowest BCUT2D eigenvalue weighted by Gasteiger charge is -2.34. The Morgan fingerprint density at radius 2 is 1.53 bits per heavy atom. The Morgan fingerprint density at radius 1 is 0.867 bits per heavy atom. The molecule has 1 heterocycles. The summed E-state index contributed by atoms with van der Waals surface area (Å²) in [5, 5.41) is 5.43. The highest BCUT2D eigenvalue weighted by Crippen LogP contribution is 2.16. The van der Waals surface area contributed by atoms with Gasteiger partial charge in [0.1, 0.15) is 0 Å². The molecule has 3 amide bonds. The van der Waals surface area contributed by atoms with Gasteiger partial charge in [0.05, 0.1) is 6.54 Å². The number of urea groups is 1. The molecule has 6 nitrogen and oxygen atoms in total. The summed E-state index contributed by atoms with van der Waals surface area (Å²) in [5.74, 6) is 0.508. The maximum Gasteiger partial charge on any atom is 0.315 e. The standard InChI is InChI=1S/C24H32N4O2/c1-19(2)22-10-8-21(9-11-22)18-27-12-14-28(15-13-27)23(29)17-26-24(30)25-16-20-6-4-3-5-7-20/h3-11,19H,12-18H2,1-2H3,(H2,25,26,30). The van der Waals surface area contributed by atoms with E-state index >= 15 is 0 Å². The van der Waals surface area contributed by atoms with Crippen LogP contribution in [0.4, 0.5) is 4.79 Å². The molecule has 30 heavy (non-hydrogen) atoms. The van der Waals surface area contributed by atoms with Gasteiger partial charge in [-0.2, -0.15) is 0 Å². The molecule has 0 aliphatic carbocycles. The molecule has 1 aliphatic heterocycles. The fourth-order valence-corrected chi connectivity index (χ4v) is 3.53. The van der Waals surface area contributed by atoms with Gasteiger partial charge in [0.15, 0.2) is 0 Å². The smallest absolute Gasteiger partial charge is 0.315 e. The average molecular weight is 409 g/mol. The molecule has 0 atom stereocenters. The van der Waals surface area contributed by atoms with E-state index in [0.717, 1.165) is 25.2 Å². The van der Waals surface area contributed by atoms with Crippen molar-refractivity contribution in [2.45, 2.75) is 32.9 Å². The van der Waals surface area contributed by atoms with Crippen molar-refractivity contribution < 1.29 is 9.59 Å². The number of nitrogens with zero attached hydrogens (tertiary/aromatic N) is 2. The first-order valence-electron chi connectivity index (χ1n) is 10.7. The molecule has 0 spiro atoms. The Kier molecular flexibility index (Phi) is 7.85. The largest absolute Gasteiger partial charge is 0.339 e. The zero-order chi connectivity index (χ0) is 21.3. The van der Waals surface area contributed by atoms with Gasteiger partial charge in [0, 0.05) is 39.3 Å². The van der Waals surface area contributed by atoms with Gasteiger partial charge in [-0.3, -0.25) is 9.69 Å². The summed E-state index contributed by atoms with van der Waals surface area (Å²) >= 11 is 0. The van der Waals surface area contributed by atoms with Gasteiger partial charge in [0.25, 0.3) is 0 Å². The highest BCUT2D eigenvalue weighted by molar-refractivity contribution is 5.84. The highest BCUT2D eigenvalue weighted by Gasteiger charge is 2.21. The lowest BCUT2D eigenvalue weighted by atomic mass is 10.0. The van der Waals surface area contributed by atoms with E-state index in [4.69, 9.17) is 0 Å². The highest BCUT2D eigenvalue weighted by atomic mass is 16.2. The lowest BCUT2D eigenvalue weighted by Crippen LogP contribution is -2.51. The minimum Gasteiger partial charge on any atom is -0.339 e. The van der Waals surface area contributed by atoms with E-state index in [1.807, 2.05) is 35.2 Å². The third kappa shape index (κ3) is 6.59. The van der Waals surface area contributed by atoms with Crippen LogP contribution in [0.3, 0.4) is 0 Å². The number of nitrogens with one attached hydrogen (secondary N) is 2. The summed E-state index contributed by atoms with van der Waals surface area (Å²) in [6.07, 6.45) is 0. The summed E-state index contributed by atoms with van der Waals surface area (Å²) in [4.78, 5) is 28.5. The van der Waals surface area contributed by atoms with E-state index in [1.54, 1.807) is 0 Å². The molecule has 3 rings (SSSR count). The quantitative estimate of drug-likeness (QED) is 0.740. The van der Waals surface area contributed by atoms with E-state index in [1.165, 1.54) is 11.1 Å². The molecule has 160 valence electrons. The van der Waals surface area contributed by atoms with Crippen molar-refractivity contribution in [3.8, 4) is 0 Å². The first kappa shape index (κ1) is 21.8. The first-order chi connectivity index (χ1) is 14.5. The van der Waals surface area contributed by atoms with E-state index in [-0.39, 0.29) is 18.5 Å². The summed E-state index contributed by atoms with van der Waals surface area (Å²) in [5.41, 5.74) is 3.68. The lowest BCUT2D eigenvalue weighted by molar-refractivity contribution is -0.131. The van der Waals surface area contributed by atoms with Gasteiger partial charge in [-0.05, 0) is 22.6 Å². The first-order valence-corrected chi connectivity index (χ1v) is 10.7. The van der Waals surface area contributed by atoms with Crippen molar-refractivity contribution in [3.63, 3.8) is 0 Å². The van der Waals surface area contributed by atoms with E-state index in [9.17, 15) is 9.59 Å². The molecule has 2 N–H and O–H groups in total. The van der Waals surface area contributed by atoms with Gasteiger partial charge in [-0.1, -0.05) is 68.4 Å². The number of hydrogen-bond donors (Lipinski definition) is 2. The number of rotatable bonds is 7. The predicted octanol–water partition coefficient (Wildman–Crippen LogP) is 2.95. The molecule has 2 aromatic carbocycles. The van der Waals surface area contributed by atoms with Crippen LogP contribution in [0.2, 0.25) is 0 Å². The van der Waals surface area contributed by atoms with Crippen molar-refractivity contribution in [2.75, 3.05) is 32.7 Å². The normalized spacial score (nSPS) is 14.6. The van der Waals surface area contributed by atoms with Crippen LogP contribution in [0.1, 0.15) is 36.5 Å². The fraction of sp³-hybridized carbons (Fsp3) is 0.417. The van der Waals surface area contributed by atoms with Gasteiger partial charge >= 0.3 is 6.03 Å². The number of piperazine rings is 1. The van der Waals surface area contributed by atoms with E-state index in [2.05, 4.69) is 53.6 Å². The van der Waals surface area contributed by atoms with Crippen LogP contribution in [0.25, 0.3) is 0 Å². The van der Waals surface area contributed by atoms with Crippen LogP contribution >= 0.6 is 0 Å². The molecule has 6 heteroatoms. The minimum atomic E-state index is -0.323. The minimum absolute atomic E-state index is 0.0251. The van der Waals surface area contributed by atoms with Crippen molar-refractivity contribution in [1.29, 1.82) is 0 Å². The predicted molar refractivity (Wildman–Crippen MR) is 119 cm³/mol. The second kappa shape index (κ2) is 10.8. The number of carbonyl (C=O) groups excluding carboxylic acids is 2. The number of benzene rings is 2. The molecule has 0 bridgehead atoms. The van der Waals surface area contributed by atoms with Crippen LogP contribution in [0.15, 0.2) is 54.6 Å². The Bertz CT molecular complexity index is 813. The number of amides is 3.